The number of morpholine rings is 1. The summed E-state index contributed by atoms with van der Waals surface area (Å²) in [5.41, 5.74) is 2.79. The van der Waals surface area contributed by atoms with Crippen molar-refractivity contribution < 1.29 is 9.53 Å². The van der Waals surface area contributed by atoms with E-state index < -0.39 is 0 Å². The Hall–Kier alpha value is -2.54. The standard InChI is InChI=1S/C24H24ClN3O2S/c25-21-6-8-22(9-7-21)31-17-18-1-4-20(5-2-18)24(29)27-16-19-3-10-23(26-15-19)28-11-13-30-14-12-28/h1-10,15H,11-14,16-17H2,(H,27,29). The van der Waals surface area contributed by atoms with Crippen molar-refractivity contribution in [3.8, 4) is 0 Å². The van der Waals surface area contributed by atoms with Crippen LogP contribution in [-0.4, -0.2) is 37.2 Å². The largest absolute Gasteiger partial charge is 0.378 e. The van der Waals surface area contributed by atoms with Crippen molar-refractivity contribution in [3.05, 3.63) is 88.6 Å². The van der Waals surface area contributed by atoms with E-state index in [2.05, 4.69) is 15.2 Å². The van der Waals surface area contributed by atoms with Crippen LogP contribution < -0.4 is 10.2 Å². The molecule has 0 saturated carbocycles. The number of rotatable bonds is 7. The number of aromatic nitrogens is 1. The summed E-state index contributed by atoms with van der Waals surface area (Å²) in [5.74, 6) is 1.70. The fourth-order valence-corrected chi connectivity index (χ4v) is 4.22. The zero-order valence-electron chi connectivity index (χ0n) is 17.1. The van der Waals surface area contributed by atoms with Crippen LogP contribution in [0.3, 0.4) is 0 Å². The van der Waals surface area contributed by atoms with Crippen molar-refractivity contribution in [2.75, 3.05) is 31.2 Å². The number of pyridine rings is 1. The fourth-order valence-electron chi connectivity index (χ4n) is 3.24. The summed E-state index contributed by atoms with van der Waals surface area (Å²) in [5, 5.41) is 3.71. The van der Waals surface area contributed by atoms with Gasteiger partial charge < -0.3 is 15.0 Å². The van der Waals surface area contributed by atoms with E-state index in [9.17, 15) is 4.79 Å². The van der Waals surface area contributed by atoms with Gasteiger partial charge in [0.25, 0.3) is 5.91 Å². The number of carbonyl (C=O) groups excluding carboxylic acids is 1. The molecular formula is C24H24ClN3O2S. The first-order valence-electron chi connectivity index (χ1n) is 10.2. The van der Waals surface area contributed by atoms with Crippen molar-refractivity contribution in [1.82, 2.24) is 10.3 Å². The fraction of sp³-hybridized carbons (Fsp3) is 0.250. The molecule has 1 amide bonds. The Bertz CT molecular complexity index is 989. The Kier molecular flexibility index (Phi) is 7.46. The molecule has 1 saturated heterocycles. The maximum absolute atomic E-state index is 12.5. The summed E-state index contributed by atoms with van der Waals surface area (Å²) in [7, 11) is 0. The van der Waals surface area contributed by atoms with Gasteiger partial charge in [0.15, 0.2) is 0 Å². The van der Waals surface area contributed by atoms with E-state index in [0.29, 0.717) is 12.1 Å². The zero-order chi connectivity index (χ0) is 21.5. The summed E-state index contributed by atoms with van der Waals surface area (Å²) in [6.07, 6.45) is 1.82. The predicted octanol–water partition coefficient (Wildman–Crippen LogP) is 4.79. The van der Waals surface area contributed by atoms with Gasteiger partial charge in [-0.05, 0) is 53.6 Å². The number of hydrogen-bond donors (Lipinski definition) is 1. The quantitative estimate of drug-likeness (QED) is 0.521. The number of benzene rings is 2. The molecule has 4 rings (SSSR count). The third-order valence-electron chi connectivity index (χ3n) is 5.03. The first kappa shape index (κ1) is 21.7. The first-order chi connectivity index (χ1) is 15.2. The minimum Gasteiger partial charge on any atom is -0.378 e. The molecule has 7 heteroatoms. The van der Waals surface area contributed by atoms with Crippen molar-refractivity contribution in [3.63, 3.8) is 0 Å². The van der Waals surface area contributed by atoms with Gasteiger partial charge in [-0.15, -0.1) is 11.8 Å². The lowest BCUT2D eigenvalue weighted by Crippen LogP contribution is -2.36. The van der Waals surface area contributed by atoms with Crippen molar-refractivity contribution in [2.45, 2.75) is 17.2 Å². The number of ether oxygens (including phenoxy) is 1. The van der Waals surface area contributed by atoms with E-state index in [-0.39, 0.29) is 5.91 Å². The average molecular weight is 454 g/mol. The SMILES string of the molecule is O=C(NCc1ccc(N2CCOCC2)nc1)c1ccc(CSc2ccc(Cl)cc2)cc1. The molecule has 0 aliphatic carbocycles. The van der Waals surface area contributed by atoms with Crippen LogP contribution >= 0.6 is 23.4 Å². The molecule has 1 aliphatic rings. The smallest absolute Gasteiger partial charge is 0.251 e. The monoisotopic (exact) mass is 453 g/mol. The van der Waals surface area contributed by atoms with E-state index in [4.69, 9.17) is 16.3 Å². The molecule has 2 heterocycles. The molecule has 1 aromatic heterocycles. The third kappa shape index (κ3) is 6.23. The van der Waals surface area contributed by atoms with Crippen LogP contribution in [-0.2, 0) is 17.0 Å². The predicted molar refractivity (Wildman–Crippen MR) is 126 cm³/mol. The first-order valence-corrected chi connectivity index (χ1v) is 11.6. The van der Waals surface area contributed by atoms with Crippen LogP contribution in [0.25, 0.3) is 0 Å². The van der Waals surface area contributed by atoms with Gasteiger partial charge in [0.1, 0.15) is 5.82 Å². The van der Waals surface area contributed by atoms with Gasteiger partial charge in [-0.25, -0.2) is 4.98 Å². The lowest BCUT2D eigenvalue weighted by molar-refractivity contribution is 0.0951. The number of hydrogen-bond acceptors (Lipinski definition) is 5. The summed E-state index contributed by atoms with van der Waals surface area (Å²) < 4.78 is 5.37. The molecule has 31 heavy (non-hydrogen) atoms. The number of nitrogens with zero attached hydrogens (tertiary/aromatic N) is 2. The van der Waals surface area contributed by atoms with E-state index >= 15 is 0 Å². The maximum atomic E-state index is 12.5. The van der Waals surface area contributed by atoms with Gasteiger partial charge in [-0.3, -0.25) is 4.79 Å². The van der Waals surface area contributed by atoms with Gasteiger partial charge in [0, 0.05) is 47.1 Å². The summed E-state index contributed by atoms with van der Waals surface area (Å²) in [6, 6.07) is 19.5. The Morgan fingerprint density at radius 1 is 1.00 bits per heavy atom. The molecule has 0 atom stereocenters. The number of thioether (sulfide) groups is 1. The van der Waals surface area contributed by atoms with Crippen molar-refractivity contribution >= 4 is 35.1 Å². The Morgan fingerprint density at radius 2 is 1.71 bits per heavy atom. The van der Waals surface area contributed by atoms with E-state index in [1.54, 1.807) is 11.8 Å². The lowest BCUT2D eigenvalue weighted by Gasteiger charge is -2.27. The Morgan fingerprint density at radius 3 is 2.39 bits per heavy atom. The second kappa shape index (κ2) is 10.7. The number of nitrogens with one attached hydrogen (secondary N) is 1. The number of anilines is 1. The summed E-state index contributed by atoms with van der Waals surface area (Å²) in [4.78, 5) is 20.4. The molecule has 0 radical (unpaired) electrons. The molecule has 0 bridgehead atoms. The maximum Gasteiger partial charge on any atom is 0.251 e. The van der Waals surface area contributed by atoms with Crippen LogP contribution in [0.1, 0.15) is 21.5 Å². The third-order valence-corrected chi connectivity index (χ3v) is 6.37. The van der Waals surface area contributed by atoms with Crippen molar-refractivity contribution in [1.29, 1.82) is 0 Å². The second-order valence-corrected chi connectivity index (χ2v) is 8.73. The Balaban J connectivity index is 1.26. The van der Waals surface area contributed by atoms with E-state index in [1.165, 1.54) is 10.5 Å². The van der Waals surface area contributed by atoms with Crippen LogP contribution in [0.2, 0.25) is 5.02 Å². The second-order valence-electron chi connectivity index (χ2n) is 7.25. The molecule has 160 valence electrons. The highest BCUT2D eigenvalue weighted by molar-refractivity contribution is 7.98. The van der Waals surface area contributed by atoms with Crippen LogP contribution in [0.15, 0.2) is 71.8 Å². The molecule has 1 N–H and O–H groups in total. The minimum atomic E-state index is -0.0887. The van der Waals surface area contributed by atoms with E-state index in [0.717, 1.165) is 48.5 Å². The molecular weight excluding hydrogens is 430 g/mol. The molecule has 1 fully saturated rings. The van der Waals surface area contributed by atoms with Gasteiger partial charge in [0.05, 0.1) is 13.2 Å². The number of carbonyl (C=O) groups is 1. The highest BCUT2D eigenvalue weighted by Crippen LogP contribution is 2.24. The zero-order valence-corrected chi connectivity index (χ0v) is 18.7. The molecule has 2 aromatic carbocycles. The topological polar surface area (TPSA) is 54.5 Å². The molecule has 0 unspecified atom stereocenters. The van der Waals surface area contributed by atoms with Crippen molar-refractivity contribution in [2.24, 2.45) is 0 Å². The van der Waals surface area contributed by atoms with Gasteiger partial charge in [0.2, 0.25) is 0 Å². The number of amides is 1. The molecule has 1 aliphatic heterocycles. The molecule has 3 aromatic rings. The highest BCUT2D eigenvalue weighted by Gasteiger charge is 2.12. The Labute approximate surface area is 191 Å². The van der Waals surface area contributed by atoms with Gasteiger partial charge in [-0.2, -0.15) is 0 Å². The highest BCUT2D eigenvalue weighted by atomic mass is 35.5. The van der Waals surface area contributed by atoms with Crippen LogP contribution in [0.5, 0.6) is 0 Å². The molecule has 5 nitrogen and oxygen atoms in total. The minimum absolute atomic E-state index is 0.0887. The summed E-state index contributed by atoms with van der Waals surface area (Å²) in [6.45, 7) is 3.63. The van der Waals surface area contributed by atoms with E-state index in [1.807, 2.05) is 66.9 Å². The lowest BCUT2D eigenvalue weighted by atomic mass is 10.1. The van der Waals surface area contributed by atoms with Crippen LogP contribution in [0.4, 0.5) is 5.82 Å². The summed E-state index contributed by atoms with van der Waals surface area (Å²) >= 11 is 7.66. The number of halogens is 1. The van der Waals surface area contributed by atoms with Gasteiger partial charge >= 0.3 is 0 Å². The molecule has 0 spiro atoms. The van der Waals surface area contributed by atoms with Gasteiger partial charge in [-0.1, -0.05) is 29.8 Å². The average Bonchev–Trinajstić information content (AvgIpc) is 2.83. The normalized spacial score (nSPS) is 13.8. The van der Waals surface area contributed by atoms with Crippen LogP contribution in [0, 0.1) is 0 Å².